The lowest BCUT2D eigenvalue weighted by Gasteiger charge is -2.20. The smallest absolute Gasteiger partial charge is 0.412 e. The highest BCUT2D eigenvalue weighted by atomic mass is 79.9. The Morgan fingerprint density at radius 3 is 2.29 bits per heavy atom. The maximum Gasteiger partial charge on any atom is 0.412 e. The van der Waals surface area contributed by atoms with E-state index >= 15 is 0 Å². The molecule has 2 amide bonds. The molecule has 0 aliphatic carbocycles. The van der Waals surface area contributed by atoms with Crippen molar-refractivity contribution in [2.24, 2.45) is 5.10 Å². The Kier molecular flexibility index (Phi) is 6.95. The Morgan fingerprint density at radius 1 is 1.03 bits per heavy atom. The van der Waals surface area contributed by atoms with Crippen LogP contribution in [0.1, 0.15) is 54.9 Å². The third-order valence-electron chi connectivity index (χ3n) is 5.00. The summed E-state index contributed by atoms with van der Waals surface area (Å²) in [6.07, 6.45) is -0.0330. The number of amides is 2. The van der Waals surface area contributed by atoms with Gasteiger partial charge in [0.25, 0.3) is 5.91 Å². The number of carbonyl (C=O) groups excluding carboxylic acids is 2. The third kappa shape index (κ3) is 5.77. The molecule has 0 radical (unpaired) electrons. The molecule has 0 spiro atoms. The zero-order valence-electron chi connectivity index (χ0n) is 18.8. The van der Waals surface area contributed by atoms with Gasteiger partial charge in [-0.2, -0.15) is 5.10 Å². The van der Waals surface area contributed by atoms with Crippen molar-refractivity contribution in [2.75, 3.05) is 5.32 Å². The number of furan rings is 1. The molecule has 0 saturated heterocycles. The number of anilines is 1. The minimum absolute atomic E-state index is 0.219. The lowest BCUT2D eigenvalue weighted by Crippen LogP contribution is -2.27. The summed E-state index contributed by atoms with van der Waals surface area (Å²) in [5.41, 5.74) is 2.14. The van der Waals surface area contributed by atoms with Crippen LogP contribution in [0.3, 0.4) is 0 Å². The summed E-state index contributed by atoms with van der Waals surface area (Å²) < 4.78 is 12.5. The number of benzene rings is 2. The highest BCUT2D eigenvalue weighted by Crippen LogP contribution is 2.36. The van der Waals surface area contributed by atoms with Gasteiger partial charge in [0.1, 0.15) is 17.4 Å². The third-order valence-corrected chi connectivity index (χ3v) is 5.95. The van der Waals surface area contributed by atoms with Gasteiger partial charge < -0.3 is 9.15 Å². The van der Waals surface area contributed by atoms with Crippen LogP contribution in [0.25, 0.3) is 0 Å². The maximum atomic E-state index is 13.3. The Morgan fingerprint density at radius 2 is 1.71 bits per heavy atom. The van der Waals surface area contributed by atoms with E-state index in [1.165, 1.54) is 5.01 Å². The van der Waals surface area contributed by atoms with Crippen molar-refractivity contribution < 1.29 is 18.7 Å². The summed E-state index contributed by atoms with van der Waals surface area (Å²) >= 11 is 6.73. The number of hydrogen-bond acceptors (Lipinski definition) is 5. The average Bonchev–Trinajstić information content (AvgIpc) is 3.39. The topological polar surface area (TPSA) is 84.1 Å². The Hall–Kier alpha value is -2.91. The van der Waals surface area contributed by atoms with Crippen molar-refractivity contribution in [3.63, 3.8) is 0 Å². The van der Waals surface area contributed by atoms with Crippen molar-refractivity contribution >= 4 is 55.3 Å². The summed E-state index contributed by atoms with van der Waals surface area (Å²) in [7, 11) is 0. The summed E-state index contributed by atoms with van der Waals surface area (Å²) in [6, 6.07) is 17.7. The van der Waals surface area contributed by atoms with E-state index in [9.17, 15) is 9.59 Å². The van der Waals surface area contributed by atoms with Gasteiger partial charge in [-0.05, 0) is 90.8 Å². The van der Waals surface area contributed by atoms with E-state index < -0.39 is 11.7 Å². The van der Waals surface area contributed by atoms with E-state index in [1.807, 2.05) is 51.1 Å². The molecular weight excluding hydrogens is 566 g/mol. The van der Waals surface area contributed by atoms with Crippen LogP contribution >= 0.6 is 31.9 Å². The van der Waals surface area contributed by atoms with Gasteiger partial charge in [0, 0.05) is 22.1 Å². The van der Waals surface area contributed by atoms with Crippen molar-refractivity contribution in [3.05, 3.63) is 86.7 Å². The number of nitrogens with one attached hydrogen (secondary N) is 1. The van der Waals surface area contributed by atoms with Crippen LogP contribution in [-0.2, 0) is 4.74 Å². The molecule has 0 saturated carbocycles. The first kappa shape index (κ1) is 24.2. The highest BCUT2D eigenvalue weighted by molar-refractivity contribution is 9.10. The molecule has 2 heterocycles. The number of nitrogens with zero attached hydrogens (tertiary/aromatic N) is 2. The molecule has 4 rings (SSSR count). The minimum atomic E-state index is -0.580. The van der Waals surface area contributed by atoms with E-state index in [1.54, 1.807) is 30.3 Å². The molecule has 9 heteroatoms. The van der Waals surface area contributed by atoms with Crippen LogP contribution in [0.2, 0.25) is 0 Å². The number of carbonyl (C=O) groups is 2. The van der Waals surface area contributed by atoms with Crippen molar-refractivity contribution in [1.29, 1.82) is 0 Å². The molecule has 0 bridgehead atoms. The number of hydrogen-bond donors (Lipinski definition) is 1. The molecule has 176 valence electrons. The fourth-order valence-electron chi connectivity index (χ4n) is 3.49. The van der Waals surface area contributed by atoms with Crippen molar-refractivity contribution in [1.82, 2.24) is 5.01 Å². The predicted molar refractivity (Wildman–Crippen MR) is 137 cm³/mol. The Balaban J connectivity index is 1.57. The Labute approximate surface area is 214 Å². The van der Waals surface area contributed by atoms with Gasteiger partial charge in [0.15, 0.2) is 4.67 Å². The van der Waals surface area contributed by atoms with Crippen molar-refractivity contribution in [3.8, 4) is 0 Å². The number of halogens is 2. The molecule has 1 aliphatic heterocycles. The molecule has 1 unspecified atom stereocenters. The first-order valence-corrected chi connectivity index (χ1v) is 12.2. The van der Waals surface area contributed by atoms with E-state index in [-0.39, 0.29) is 11.9 Å². The summed E-state index contributed by atoms with van der Waals surface area (Å²) in [6.45, 7) is 5.43. The first-order chi connectivity index (χ1) is 16.1. The van der Waals surface area contributed by atoms with Crippen LogP contribution in [0.4, 0.5) is 10.5 Å². The van der Waals surface area contributed by atoms with Gasteiger partial charge in [-0.1, -0.05) is 28.1 Å². The SMILES string of the molecule is CC(C)(C)OC(=O)Nc1ccc(C2=NN(C(=O)c3ccc(Br)cc3)C(c3ccc(Br)o3)C2)cc1. The summed E-state index contributed by atoms with van der Waals surface area (Å²) in [5, 5.41) is 8.85. The summed E-state index contributed by atoms with van der Waals surface area (Å²) in [4.78, 5) is 25.3. The fourth-order valence-corrected chi connectivity index (χ4v) is 4.08. The normalized spacial score (nSPS) is 15.7. The molecule has 1 aromatic heterocycles. The minimum Gasteiger partial charge on any atom is -0.452 e. The molecule has 1 atom stereocenters. The number of ether oxygens (including phenoxy) is 1. The fraction of sp³-hybridized carbons (Fsp3) is 0.240. The van der Waals surface area contributed by atoms with Gasteiger partial charge in [0.2, 0.25) is 0 Å². The zero-order valence-corrected chi connectivity index (χ0v) is 22.0. The van der Waals surface area contributed by atoms with Crippen LogP contribution in [-0.4, -0.2) is 28.3 Å². The highest BCUT2D eigenvalue weighted by Gasteiger charge is 2.35. The van der Waals surface area contributed by atoms with E-state index in [2.05, 4.69) is 42.3 Å². The van der Waals surface area contributed by atoms with Gasteiger partial charge in [-0.15, -0.1) is 0 Å². The molecule has 1 aliphatic rings. The van der Waals surface area contributed by atoms with E-state index in [4.69, 9.17) is 9.15 Å². The largest absolute Gasteiger partial charge is 0.452 e. The predicted octanol–water partition coefficient (Wildman–Crippen LogP) is 7.14. The van der Waals surface area contributed by atoms with Crippen LogP contribution in [0.5, 0.6) is 0 Å². The molecule has 2 aromatic carbocycles. The molecule has 1 N–H and O–H groups in total. The molecule has 7 nitrogen and oxygen atoms in total. The molecule has 3 aromatic rings. The maximum absolute atomic E-state index is 13.3. The first-order valence-electron chi connectivity index (χ1n) is 10.6. The molecule has 0 fully saturated rings. The Bertz CT molecular complexity index is 1230. The number of rotatable bonds is 4. The lowest BCUT2D eigenvalue weighted by atomic mass is 10.0. The summed E-state index contributed by atoms with van der Waals surface area (Å²) in [5.74, 6) is 0.419. The quantitative estimate of drug-likeness (QED) is 0.351. The average molecular weight is 589 g/mol. The monoisotopic (exact) mass is 587 g/mol. The van der Waals surface area contributed by atoms with E-state index in [0.29, 0.717) is 28.1 Å². The van der Waals surface area contributed by atoms with Gasteiger partial charge >= 0.3 is 6.09 Å². The second kappa shape index (κ2) is 9.76. The molecule has 34 heavy (non-hydrogen) atoms. The van der Waals surface area contributed by atoms with Crippen LogP contribution < -0.4 is 5.32 Å². The van der Waals surface area contributed by atoms with Gasteiger partial charge in [-0.25, -0.2) is 9.80 Å². The van der Waals surface area contributed by atoms with Crippen molar-refractivity contribution in [2.45, 2.75) is 38.8 Å². The lowest BCUT2D eigenvalue weighted by molar-refractivity contribution is 0.0634. The second-order valence-electron chi connectivity index (χ2n) is 8.77. The number of hydrazone groups is 1. The van der Waals surface area contributed by atoms with E-state index in [0.717, 1.165) is 15.7 Å². The van der Waals surface area contributed by atoms with Crippen LogP contribution in [0, 0.1) is 0 Å². The van der Waals surface area contributed by atoms with Gasteiger partial charge in [0.05, 0.1) is 5.71 Å². The van der Waals surface area contributed by atoms with Gasteiger partial charge in [-0.3, -0.25) is 10.1 Å². The standard InChI is InChI=1S/C25H23Br2N3O4/c1-25(2,3)34-24(32)28-18-10-6-15(7-11-18)19-14-20(21-12-13-22(27)33-21)30(29-19)23(31)16-4-8-17(26)9-5-16/h4-13,20H,14H2,1-3H3,(H,28,32). The zero-order chi connectivity index (χ0) is 24.5. The van der Waals surface area contributed by atoms with Crippen LogP contribution in [0.15, 0.2) is 79.3 Å². The molecular formula is C25H23Br2N3O4. The second-order valence-corrected chi connectivity index (χ2v) is 10.5.